The Labute approximate surface area is 185 Å². The average Bonchev–Trinajstić information content (AvgIpc) is 3.46. The van der Waals surface area contributed by atoms with Crippen molar-refractivity contribution in [1.29, 1.82) is 0 Å². The van der Waals surface area contributed by atoms with Crippen LogP contribution < -0.4 is 10.2 Å². The molecule has 1 aliphatic carbocycles. The van der Waals surface area contributed by atoms with Gasteiger partial charge in [-0.1, -0.05) is 31.4 Å². The first-order valence-electron chi connectivity index (χ1n) is 11.0. The number of amides is 2. The molecular weight excluding hydrogens is 411 g/mol. The van der Waals surface area contributed by atoms with Gasteiger partial charge in [0.25, 0.3) is 5.91 Å². The zero-order valence-corrected chi connectivity index (χ0v) is 17.9. The van der Waals surface area contributed by atoms with E-state index in [1.165, 1.54) is 28.0 Å². The van der Waals surface area contributed by atoms with Crippen molar-refractivity contribution < 1.29 is 18.4 Å². The van der Waals surface area contributed by atoms with Crippen LogP contribution in [-0.4, -0.2) is 33.2 Å². The highest BCUT2D eigenvalue weighted by atomic mass is 19.1. The highest BCUT2D eigenvalue weighted by Crippen LogP contribution is 2.35. The summed E-state index contributed by atoms with van der Waals surface area (Å²) in [5, 5.41) is 7.64. The number of benzene rings is 1. The van der Waals surface area contributed by atoms with Gasteiger partial charge < -0.3 is 9.73 Å². The van der Waals surface area contributed by atoms with Gasteiger partial charge in [0.1, 0.15) is 22.7 Å². The van der Waals surface area contributed by atoms with E-state index in [1.807, 2.05) is 0 Å². The van der Waals surface area contributed by atoms with Crippen LogP contribution in [0.2, 0.25) is 0 Å². The van der Waals surface area contributed by atoms with Gasteiger partial charge in [0.05, 0.1) is 18.5 Å². The topological polar surface area (TPSA) is 80.4 Å². The molecule has 0 spiro atoms. The third-order valence-corrected chi connectivity index (χ3v) is 6.45. The second kappa shape index (κ2) is 7.93. The van der Waals surface area contributed by atoms with Crippen molar-refractivity contribution in [1.82, 2.24) is 15.1 Å². The van der Waals surface area contributed by atoms with Crippen LogP contribution in [0.5, 0.6) is 0 Å². The molecule has 1 saturated carbocycles. The Bertz CT molecular complexity index is 1150. The number of halogens is 1. The molecule has 2 amide bonds. The van der Waals surface area contributed by atoms with Crippen molar-refractivity contribution in [3.05, 3.63) is 60.2 Å². The van der Waals surface area contributed by atoms with Gasteiger partial charge in [-0.05, 0) is 44.0 Å². The minimum Gasteiger partial charge on any atom is -0.463 e. The molecule has 2 aromatic heterocycles. The number of carbonyl (C=O) groups is 2. The summed E-state index contributed by atoms with van der Waals surface area (Å²) in [4.78, 5) is 28.5. The van der Waals surface area contributed by atoms with Gasteiger partial charge in [-0.15, -0.1) is 0 Å². The van der Waals surface area contributed by atoms with E-state index in [2.05, 4.69) is 10.4 Å². The van der Waals surface area contributed by atoms with Gasteiger partial charge >= 0.3 is 0 Å². The fourth-order valence-corrected chi connectivity index (χ4v) is 4.72. The van der Waals surface area contributed by atoms with E-state index in [1.54, 1.807) is 37.3 Å². The van der Waals surface area contributed by atoms with Crippen LogP contribution in [0, 0.1) is 5.82 Å². The highest BCUT2D eigenvalue weighted by Gasteiger charge is 2.50. The number of furan rings is 1. The molecule has 2 aliphatic rings. The Hall–Kier alpha value is -3.42. The van der Waals surface area contributed by atoms with Crippen molar-refractivity contribution in [3.63, 3.8) is 0 Å². The summed E-state index contributed by atoms with van der Waals surface area (Å²) >= 11 is 0. The fourth-order valence-electron chi connectivity index (χ4n) is 4.72. The van der Waals surface area contributed by atoms with Gasteiger partial charge in [0.15, 0.2) is 5.76 Å². The predicted molar refractivity (Wildman–Crippen MR) is 117 cm³/mol. The molecule has 1 aliphatic heterocycles. The molecular formula is C24H25FN4O3. The first kappa shape index (κ1) is 20.5. The lowest BCUT2D eigenvalue weighted by Crippen LogP contribution is -2.65. The van der Waals surface area contributed by atoms with Gasteiger partial charge in [-0.2, -0.15) is 5.10 Å². The van der Waals surface area contributed by atoms with Crippen LogP contribution in [0.3, 0.4) is 0 Å². The number of anilines is 1. The molecule has 166 valence electrons. The normalized spacial score (nSPS) is 21.4. The average molecular weight is 436 g/mol. The first-order valence-corrected chi connectivity index (χ1v) is 11.0. The summed E-state index contributed by atoms with van der Waals surface area (Å²) in [7, 11) is 0. The number of nitrogens with zero attached hydrogens (tertiary/aromatic N) is 3. The maximum Gasteiger partial charge on any atom is 0.277 e. The van der Waals surface area contributed by atoms with E-state index >= 15 is 0 Å². The molecule has 0 bridgehead atoms. The number of hydrogen-bond acceptors (Lipinski definition) is 4. The molecule has 0 saturated heterocycles. The molecule has 32 heavy (non-hydrogen) atoms. The Morgan fingerprint density at radius 1 is 1.19 bits per heavy atom. The van der Waals surface area contributed by atoms with E-state index in [0.29, 0.717) is 11.5 Å². The van der Waals surface area contributed by atoms with Crippen molar-refractivity contribution in [2.75, 3.05) is 4.90 Å². The molecule has 8 heteroatoms. The molecule has 0 radical (unpaired) electrons. The molecule has 3 aromatic rings. The number of para-hydroxylation sites is 1. The summed E-state index contributed by atoms with van der Waals surface area (Å²) in [6.45, 7) is 1.77. The number of carbonyl (C=O) groups excluding carboxylic acids is 2. The lowest BCUT2D eigenvalue weighted by molar-refractivity contribution is -0.127. The van der Waals surface area contributed by atoms with Gasteiger partial charge in [-0.3, -0.25) is 19.2 Å². The van der Waals surface area contributed by atoms with Crippen LogP contribution in [0.15, 0.2) is 53.1 Å². The smallest absolute Gasteiger partial charge is 0.277 e. The minimum atomic E-state index is -1.35. The minimum absolute atomic E-state index is 0.0587. The van der Waals surface area contributed by atoms with E-state index < -0.39 is 17.3 Å². The lowest BCUT2D eigenvalue weighted by Gasteiger charge is -2.44. The van der Waals surface area contributed by atoms with Crippen LogP contribution >= 0.6 is 0 Å². The van der Waals surface area contributed by atoms with Gasteiger partial charge in [0, 0.05) is 12.1 Å². The monoisotopic (exact) mass is 436 g/mol. The van der Waals surface area contributed by atoms with Crippen molar-refractivity contribution in [2.45, 2.75) is 57.2 Å². The molecule has 5 rings (SSSR count). The van der Waals surface area contributed by atoms with Crippen molar-refractivity contribution in [3.8, 4) is 11.5 Å². The summed E-state index contributed by atoms with van der Waals surface area (Å²) in [5.74, 6) is -0.822. The van der Waals surface area contributed by atoms with Crippen LogP contribution in [0.4, 0.5) is 10.1 Å². The molecule has 1 atom stereocenters. The van der Waals surface area contributed by atoms with Gasteiger partial charge in [-0.25, -0.2) is 4.39 Å². The SMILES string of the molecule is CC1(C(=O)NC2CCCCC2)Cn2nc(-c3ccco3)cc2C(=O)N1c1ccccc1F. The summed E-state index contributed by atoms with van der Waals surface area (Å²) in [5.41, 5.74) is -0.506. The lowest BCUT2D eigenvalue weighted by atomic mass is 9.91. The number of hydrogen-bond donors (Lipinski definition) is 1. The standard InChI is InChI=1S/C24H25FN4O3/c1-24(23(31)26-16-8-3-2-4-9-16)15-28-20(14-18(27-28)21-12-7-13-32-21)22(30)29(24)19-11-6-5-10-17(19)25/h5-7,10-14,16H,2-4,8-9,15H2,1H3,(H,26,31). The summed E-state index contributed by atoms with van der Waals surface area (Å²) in [6, 6.07) is 11.2. The second-order valence-electron chi connectivity index (χ2n) is 8.72. The zero-order valence-electron chi connectivity index (χ0n) is 17.9. The number of aromatic nitrogens is 2. The Morgan fingerprint density at radius 2 is 1.97 bits per heavy atom. The van der Waals surface area contributed by atoms with E-state index in [-0.39, 0.29) is 29.9 Å². The van der Waals surface area contributed by atoms with Crippen LogP contribution in [0.1, 0.15) is 49.5 Å². The summed E-state index contributed by atoms with van der Waals surface area (Å²) < 4.78 is 21.8. The van der Waals surface area contributed by atoms with Crippen LogP contribution in [0.25, 0.3) is 11.5 Å². The van der Waals surface area contributed by atoms with E-state index in [9.17, 15) is 14.0 Å². The molecule has 1 aromatic carbocycles. The Balaban J connectivity index is 1.57. The molecule has 1 unspecified atom stereocenters. The Morgan fingerprint density at radius 3 is 2.69 bits per heavy atom. The first-order chi connectivity index (χ1) is 15.5. The summed E-state index contributed by atoms with van der Waals surface area (Å²) in [6.07, 6.45) is 6.63. The van der Waals surface area contributed by atoms with Crippen molar-refractivity contribution >= 4 is 17.5 Å². The van der Waals surface area contributed by atoms with Crippen LogP contribution in [-0.2, 0) is 11.3 Å². The van der Waals surface area contributed by atoms with Crippen molar-refractivity contribution in [2.24, 2.45) is 0 Å². The third kappa shape index (κ3) is 3.39. The zero-order chi connectivity index (χ0) is 22.3. The molecule has 7 nitrogen and oxygen atoms in total. The molecule has 1 fully saturated rings. The molecule has 3 heterocycles. The largest absolute Gasteiger partial charge is 0.463 e. The second-order valence-corrected chi connectivity index (χ2v) is 8.72. The molecule has 1 N–H and O–H groups in total. The number of nitrogens with one attached hydrogen (secondary N) is 1. The number of rotatable bonds is 4. The number of fused-ring (bicyclic) bond motifs is 1. The predicted octanol–water partition coefficient (Wildman–Crippen LogP) is 4.15. The maximum absolute atomic E-state index is 14.9. The quantitative estimate of drug-likeness (QED) is 0.666. The fraction of sp³-hybridized carbons (Fsp3) is 0.375. The Kier molecular flexibility index (Phi) is 5.07. The maximum atomic E-state index is 14.9. The van der Waals surface area contributed by atoms with E-state index in [0.717, 1.165) is 32.1 Å². The third-order valence-electron chi connectivity index (χ3n) is 6.45. The van der Waals surface area contributed by atoms with Gasteiger partial charge in [0.2, 0.25) is 5.91 Å². The van der Waals surface area contributed by atoms with E-state index in [4.69, 9.17) is 4.42 Å². The highest BCUT2D eigenvalue weighted by molar-refractivity contribution is 6.12.